The normalized spacial score (nSPS) is 10.6. The molecule has 3 aromatic carbocycles. The summed E-state index contributed by atoms with van der Waals surface area (Å²) < 4.78 is 5.82. The minimum absolute atomic E-state index is 0.827. The molecule has 0 unspecified atom stereocenters. The standard InChI is InChI=1S/C21H15NO/c1-2-7-19(8-3-1)23-20-12-10-16(11-13-20)18-14-17-6-4-5-9-21(17)22-15-18/h1-15H. The summed E-state index contributed by atoms with van der Waals surface area (Å²) >= 11 is 0. The zero-order valence-corrected chi connectivity index (χ0v) is 12.5. The van der Waals surface area contributed by atoms with Crippen LogP contribution in [0, 0.1) is 0 Å². The van der Waals surface area contributed by atoms with Gasteiger partial charge in [0.2, 0.25) is 0 Å². The molecule has 0 aliphatic heterocycles. The molecule has 0 fully saturated rings. The third-order valence-electron chi connectivity index (χ3n) is 3.76. The number of nitrogens with zero attached hydrogens (tertiary/aromatic N) is 1. The summed E-state index contributed by atoms with van der Waals surface area (Å²) in [4.78, 5) is 4.52. The summed E-state index contributed by atoms with van der Waals surface area (Å²) in [5, 5.41) is 1.15. The molecule has 23 heavy (non-hydrogen) atoms. The molecule has 0 amide bonds. The Kier molecular flexibility index (Phi) is 3.49. The third kappa shape index (κ3) is 2.92. The second-order valence-electron chi connectivity index (χ2n) is 5.36. The first kappa shape index (κ1) is 13.5. The Hall–Kier alpha value is -3.13. The number of hydrogen-bond acceptors (Lipinski definition) is 2. The van der Waals surface area contributed by atoms with Crippen LogP contribution in [-0.2, 0) is 0 Å². The van der Waals surface area contributed by atoms with Gasteiger partial charge in [-0.05, 0) is 42.0 Å². The van der Waals surface area contributed by atoms with Crippen molar-refractivity contribution in [2.75, 3.05) is 0 Å². The van der Waals surface area contributed by atoms with E-state index in [4.69, 9.17) is 4.74 Å². The number of ether oxygens (including phenoxy) is 1. The second-order valence-corrected chi connectivity index (χ2v) is 5.36. The van der Waals surface area contributed by atoms with Crippen molar-refractivity contribution >= 4 is 10.9 Å². The Balaban J connectivity index is 1.61. The number of fused-ring (bicyclic) bond motifs is 1. The molecule has 1 aromatic heterocycles. The average molecular weight is 297 g/mol. The van der Waals surface area contributed by atoms with Gasteiger partial charge in [0.1, 0.15) is 11.5 Å². The highest BCUT2D eigenvalue weighted by Crippen LogP contribution is 2.27. The molecule has 2 heteroatoms. The number of benzene rings is 3. The molecule has 0 bridgehead atoms. The van der Waals surface area contributed by atoms with Crippen LogP contribution in [0.1, 0.15) is 0 Å². The summed E-state index contributed by atoms with van der Waals surface area (Å²) in [6, 6.07) is 28.2. The van der Waals surface area contributed by atoms with Gasteiger partial charge >= 0.3 is 0 Å². The fourth-order valence-corrected chi connectivity index (χ4v) is 2.57. The molecule has 0 atom stereocenters. The van der Waals surface area contributed by atoms with E-state index in [9.17, 15) is 0 Å². The van der Waals surface area contributed by atoms with Crippen molar-refractivity contribution in [2.45, 2.75) is 0 Å². The maximum Gasteiger partial charge on any atom is 0.127 e. The molecule has 4 rings (SSSR count). The van der Waals surface area contributed by atoms with E-state index in [1.54, 1.807) is 0 Å². The highest BCUT2D eigenvalue weighted by Gasteiger charge is 2.02. The first-order valence-electron chi connectivity index (χ1n) is 7.57. The summed E-state index contributed by atoms with van der Waals surface area (Å²) in [5.41, 5.74) is 3.25. The lowest BCUT2D eigenvalue weighted by molar-refractivity contribution is 0.483. The molecule has 0 radical (unpaired) electrons. The topological polar surface area (TPSA) is 22.1 Å². The molecule has 4 aromatic rings. The van der Waals surface area contributed by atoms with Gasteiger partial charge in [-0.1, -0.05) is 48.5 Å². The van der Waals surface area contributed by atoms with Gasteiger partial charge in [-0.15, -0.1) is 0 Å². The van der Waals surface area contributed by atoms with E-state index in [0.717, 1.165) is 33.5 Å². The van der Waals surface area contributed by atoms with Gasteiger partial charge in [0.15, 0.2) is 0 Å². The highest BCUT2D eigenvalue weighted by atomic mass is 16.5. The van der Waals surface area contributed by atoms with E-state index in [0.29, 0.717) is 0 Å². The van der Waals surface area contributed by atoms with Crippen molar-refractivity contribution in [3.8, 4) is 22.6 Å². The average Bonchev–Trinajstić information content (AvgIpc) is 2.63. The molecular weight excluding hydrogens is 282 g/mol. The van der Waals surface area contributed by atoms with Gasteiger partial charge in [0.05, 0.1) is 5.52 Å². The highest BCUT2D eigenvalue weighted by molar-refractivity contribution is 5.83. The molecule has 0 aliphatic carbocycles. The Morgan fingerprint density at radius 3 is 2.13 bits per heavy atom. The molecule has 1 heterocycles. The zero-order valence-electron chi connectivity index (χ0n) is 12.5. The molecule has 0 saturated carbocycles. The predicted molar refractivity (Wildman–Crippen MR) is 93.7 cm³/mol. The van der Waals surface area contributed by atoms with Crippen molar-refractivity contribution in [2.24, 2.45) is 0 Å². The molecule has 110 valence electrons. The Morgan fingerprint density at radius 2 is 1.30 bits per heavy atom. The largest absolute Gasteiger partial charge is 0.457 e. The zero-order chi connectivity index (χ0) is 15.5. The van der Waals surface area contributed by atoms with Crippen LogP contribution in [0.4, 0.5) is 0 Å². The van der Waals surface area contributed by atoms with Gasteiger partial charge in [-0.2, -0.15) is 0 Å². The Labute approximate surface area is 135 Å². The number of para-hydroxylation sites is 2. The Morgan fingerprint density at radius 1 is 0.609 bits per heavy atom. The maximum atomic E-state index is 5.82. The van der Waals surface area contributed by atoms with E-state index in [1.165, 1.54) is 0 Å². The molecule has 2 nitrogen and oxygen atoms in total. The predicted octanol–water partition coefficient (Wildman–Crippen LogP) is 5.69. The van der Waals surface area contributed by atoms with Gasteiger partial charge in [-0.25, -0.2) is 0 Å². The summed E-state index contributed by atoms with van der Waals surface area (Å²) in [6.07, 6.45) is 1.91. The van der Waals surface area contributed by atoms with Crippen molar-refractivity contribution < 1.29 is 4.74 Å². The number of rotatable bonds is 3. The number of aromatic nitrogens is 1. The second kappa shape index (κ2) is 5.93. The first-order chi connectivity index (χ1) is 11.4. The summed E-state index contributed by atoms with van der Waals surface area (Å²) in [5.74, 6) is 1.67. The van der Waals surface area contributed by atoms with Crippen LogP contribution in [0.25, 0.3) is 22.0 Å². The molecule has 0 aliphatic rings. The Bertz CT molecular complexity index is 930. The first-order valence-corrected chi connectivity index (χ1v) is 7.57. The van der Waals surface area contributed by atoms with Gasteiger partial charge in [0, 0.05) is 17.1 Å². The quantitative estimate of drug-likeness (QED) is 0.484. The van der Waals surface area contributed by atoms with Gasteiger partial charge in [0.25, 0.3) is 0 Å². The van der Waals surface area contributed by atoms with Crippen LogP contribution in [0.3, 0.4) is 0 Å². The molecular formula is C21H15NO. The van der Waals surface area contributed by atoms with Crippen molar-refractivity contribution in [3.05, 3.63) is 91.1 Å². The van der Waals surface area contributed by atoms with Gasteiger partial charge in [-0.3, -0.25) is 4.98 Å². The molecule has 0 N–H and O–H groups in total. The fraction of sp³-hybridized carbons (Fsp3) is 0. The van der Waals surface area contributed by atoms with Crippen LogP contribution >= 0.6 is 0 Å². The number of pyridine rings is 1. The molecule has 0 saturated heterocycles. The lowest BCUT2D eigenvalue weighted by Gasteiger charge is -2.07. The minimum atomic E-state index is 0.827. The van der Waals surface area contributed by atoms with Crippen molar-refractivity contribution in [1.82, 2.24) is 4.98 Å². The van der Waals surface area contributed by atoms with Gasteiger partial charge < -0.3 is 4.74 Å². The maximum absolute atomic E-state index is 5.82. The van der Waals surface area contributed by atoms with E-state index >= 15 is 0 Å². The fourth-order valence-electron chi connectivity index (χ4n) is 2.57. The smallest absolute Gasteiger partial charge is 0.127 e. The lowest BCUT2D eigenvalue weighted by Crippen LogP contribution is -1.85. The van der Waals surface area contributed by atoms with E-state index in [-0.39, 0.29) is 0 Å². The van der Waals surface area contributed by atoms with Crippen LogP contribution in [-0.4, -0.2) is 4.98 Å². The SMILES string of the molecule is c1ccc(Oc2ccc(-c3cnc4ccccc4c3)cc2)cc1. The minimum Gasteiger partial charge on any atom is -0.457 e. The summed E-state index contributed by atoms with van der Waals surface area (Å²) in [7, 11) is 0. The van der Waals surface area contributed by atoms with Crippen LogP contribution < -0.4 is 4.74 Å². The lowest BCUT2D eigenvalue weighted by atomic mass is 10.1. The summed E-state index contributed by atoms with van der Waals surface area (Å²) in [6.45, 7) is 0. The van der Waals surface area contributed by atoms with E-state index < -0.39 is 0 Å². The van der Waals surface area contributed by atoms with Crippen LogP contribution in [0.15, 0.2) is 91.1 Å². The monoisotopic (exact) mass is 297 g/mol. The third-order valence-corrected chi connectivity index (χ3v) is 3.76. The van der Waals surface area contributed by atoms with E-state index in [1.807, 2.05) is 66.9 Å². The number of hydrogen-bond donors (Lipinski definition) is 0. The van der Waals surface area contributed by atoms with Crippen molar-refractivity contribution in [3.63, 3.8) is 0 Å². The van der Waals surface area contributed by atoms with Crippen LogP contribution in [0.5, 0.6) is 11.5 Å². The molecule has 0 spiro atoms. The van der Waals surface area contributed by atoms with Crippen LogP contribution in [0.2, 0.25) is 0 Å². The van der Waals surface area contributed by atoms with Crippen molar-refractivity contribution in [1.29, 1.82) is 0 Å². The van der Waals surface area contributed by atoms with E-state index in [2.05, 4.69) is 29.2 Å².